The summed E-state index contributed by atoms with van der Waals surface area (Å²) in [5.41, 5.74) is 0. The molecule has 1 aliphatic rings. The Bertz CT molecular complexity index is 243. The standard InChI is InChI=1S/C16H31NO2/c1-2-15-11-10-13-17(15)16(19)12-8-6-4-3-5-7-9-14-18/h15,18H,2-14H2,1H3. The summed E-state index contributed by atoms with van der Waals surface area (Å²) in [7, 11) is 0. The van der Waals surface area contributed by atoms with Gasteiger partial charge in [-0.1, -0.05) is 39.0 Å². The van der Waals surface area contributed by atoms with Crippen LogP contribution in [0.1, 0.15) is 77.6 Å². The van der Waals surface area contributed by atoms with Crippen LogP contribution in [-0.2, 0) is 4.79 Å². The van der Waals surface area contributed by atoms with Gasteiger partial charge in [0.05, 0.1) is 0 Å². The average molecular weight is 269 g/mol. The Balaban J connectivity index is 1.98. The maximum Gasteiger partial charge on any atom is 0.222 e. The number of likely N-dealkylation sites (tertiary alicyclic amines) is 1. The molecule has 1 rings (SSSR count). The Labute approximate surface area is 118 Å². The summed E-state index contributed by atoms with van der Waals surface area (Å²) in [4.78, 5) is 14.2. The predicted octanol–water partition coefficient (Wildman–Crippen LogP) is 3.50. The van der Waals surface area contributed by atoms with Crippen molar-refractivity contribution < 1.29 is 9.90 Å². The molecular weight excluding hydrogens is 238 g/mol. The van der Waals surface area contributed by atoms with Crippen molar-refractivity contribution in [3.05, 3.63) is 0 Å². The van der Waals surface area contributed by atoms with Crippen LogP contribution in [0.3, 0.4) is 0 Å². The molecule has 0 radical (unpaired) electrons. The molecule has 3 nitrogen and oxygen atoms in total. The molecule has 1 fully saturated rings. The third-order valence-electron chi connectivity index (χ3n) is 4.22. The van der Waals surface area contributed by atoms with Crippen LogP contribution in [0.2, 0.25) is 0 Å². The summed E-state index contributed by atoms with van der Waals surface area (Å²) in [6, 6.07) is 0.519. The Morgan fingerprint density at radius 1 is 1.11 bits per heavy atom. The molecule has 1 unspecified atom stereocenters. The zero-order valence-corrected chi connectivity index (χ0v) is 12.6. The van der Waals surface area contributed by atoms with Crippen LogP contribution in [0, 0.1) is 0 Å². The van der Waals surface area contributed by atoms with E-state index in [1.807, 2.05) is 0 Å². The first-order chi connectivity index (χ1) is 9.29. The topological polar surface area (TPSA) is 40.5 Å². The van der Waals surface area contributed by atoms with E-state index in [1.54, 1.807) is 0 Å². The maximum atomic E-state index is 12.1. The second-order valence-electron chi connectivity index (χ2n) is 5.74. The molecule has 0 aliphatic carbocycles. The summed E-state index contributed by atoms with van der Waals surface area (Å²) in [6.45, 7) is 3.49. The molecule has 0 saturated carbocycles. The highest BCUT2D eigenvalue weighted by molar-refractivity contribution is 5.76. The molecule has 1 N–H and O–H groups in total. The van der Waals surface area contributed by atoms with E-state index in [0.29, 0.717) is 18.6 Å². The van der Waals surface area contributed by atoms with Gasteiger partial charge in [-0.15, -0.1) is 0 Å². The van der Waals surface area contributed by atoms with Gasteiger partial charge < -0.3 is 10.0 Å². The van der Waals surface area contributed by atoms with E-state index >= 15 is 0 Å². The molecule has 3 heteroatoms. The predicted molar refractivity (Wildman–Crippen MR) is 79.0 cm³/mol. The van der Waals surface area contributed by atoms with Crippen LogP contribution in [0.25, 0.3) is 0 Å². The van der Waals surface area contributed by atoms with E-state index in [-0.39, 0.29) is 0 Å². The van der Waals surface area contributed by atoms with Crippen LogP contribution in [0.5, 0.6) is 0 Å². The average Bonchev–Trinajstić information content (AvgIpc) is 2.90. The molecule has 0 aromatic carbocycles. The van der Waals surface area contributed by atoms with Crippen molar-refractivity contribution >= 4 is 5.91 Å². The monoisotopic (exact) mass is 269 g/mol. The van der Waals surface area contributed by atoms with Gasteiger partial charge in [0.1, 0.15) is 0 Å². The number of unbranched alkanes of at least 4 members (excludes halogenated alkanes) is 6. The fourth-order valence-corrected chi connectivity index (χ4v) is 3.00. The van der Waals surface area contributed by atoms with E-state index in [0.717, 1.165) is 38.6 Å². The Morgan fingerprint density at radius 3 is 2.37 bits per heavy atom. The van der Waals surface area contributed by atoms with Gasteiger partial charge >= 0.3 is 0 Å². The minimum Gasteiger partial charge on any atom is -0.396 e. The van der Waals surface area contributed by atoms with E-state index < -0.39 is 0 Å². The van der Waals surface area contributed by atoms with Crippen LogP contribution in [0.15, 0.2) is 0 Å². The number of hydrogen-bond donors (Lipinski definition) is 1. The van der Waals surface area contributed by atoms with Crippen molar-refractivity contribution in [3.8, 4) is 0 Å². The normalized spacial score (nSPS) is 19.1. The fourth-order valence-electron chi connectivity index (χ4n) is 3.00. The molecule has 1 saturated heterocycles. The van der Waals surface area contributed by atoms with Gasteiger partial charge in [-0.3, -0.25) is 4.79 Å². The van der Waals surface area contributed by atoms with Crippen molar-refractivity contribution in [2.24, 2.45) is 0 Å². The minimum absolute atomic E-state index is 0.322. The summed E-state index contributed by atoms with van der Waals surface area (Å²) in [5.74, 6) is 0.379. The summed E-state index contributed by atoms with van der Waals surface area (Å²) in [6.07, 6.45) is 12.2. The smallest absolute Gasteiger partial charge is 0.222 e. The van der Waals surface area contributed by atoms with Crippen LogP contribution >= 0.6 is 0 Å². The highest BCUT2D eigenvalue weighted by Crippen LogP contribution is 2.21. The summed E-state index contributed by atoms with van der Waals surface area (Å²) >= 11 is 0. The lowest BCUT2D eigenvalue weighted by Crippen LogP contribution is -2.34. The molecular formula is C16H31NO2. The van der Waals surface area contributed by atoms with Gasteiger partial charge in [0.25, 0.3) is 0 Å². The first kappa shape index (κ1) is 16.5. The molecule has 1 aliphatic heterocycles. The summed E-state index contributed by atoms with van der Waals surface area (Å²) < 4.78 is 0. The Kier molecular flexibility index (Phi) is 8.89. The van der Waals surface area contributed by atoms with E-state index in [1.165, 1.54) is 38.5 Å². The molecule has 1 amide bonds. The largest absolute Gasteiger partial charge is 0.396 e. The van der Waals surface area contributed by atoms with Crippen molar-refractivity contribution in [3.63, 3.8) is 0 Å². The first-order valence-electron chi connectivity index (χ1n) is 8.20. The molecule has 0 aromatic heterocycles. The number of aliphatic hydroxyl groups excluding tert-OH is 1. The molecule has 0 bridgehead atoms. The SMILES string of the molecule is CCC1CCCN1C(=O)CCCCCCCCCO. The van der Waals surface area contributed by atoms with Crippen molar-refractivity contribution in [1.29, 1.82) is 0 Å². The van der Waals surface area contributed by atoms with Crippen LogP contribution in [0.4, 0.5) is 0 Å². The maximum absolute atomic E-state index is 12.1. The third kappa shape index (κ3) is 6.42. The molecule has 1 heterocycles. The number of nitrogens with zero attached hydrogens (tertiary/aromatic N) is 1. The lowest BCUT2D eigenvalue weighted by Gasteiger charge is -2.23. The molecule has 0 spiro atoms. The molecule has 112 valence electrons. The number of carbonyl (C=O) groups is 1. The molecule has 1 atom stereocenters. The Hall–Kier alpha value is -0.570. The van der Waals surface area contributed by atoms with Gasteiger partial charge in [0.15, 0.2) is 0 Å². The van der Waals surface area contributed by atoms with E-state index in [2.05, 4.69) is 11.8 Å². The number of aliphatic hydroxyl groups is 1. The number of carbonyl (C=O) groups excluding carboxylic acids is 1. The van der Waals surface area contributed by atoms with Crippen molar-refractivity contribution in [2.45, 2.75) is 83.6 Å². The van der Waals surface area contributed by atoms with Gasteiger partial charge in [-0.05, 0) is 32.1 Å². The van der Waals surface area contributed by atoms with E-state index in [4.69, 9.17) is 5.11 Å². The van der Waals surface area contributed by atoms with Gasteiger partial charge in [0.2, 0.25) is 5.91 Å². The second kappa shape index (κ2) is 10.2. The van der Waals surface area contributed by atoms with Crippen molar-refractivity contribution in [2.75, 3.05) is 13.2 Å². The highest BCUT2D eigenvalue weighted by atomic mass is 16.2. The zero-order valence-electron chi connectivity index (χ0n) is 12.6. The first-order valence-corrected chi connectivity index (χ1v) is 8.20. The lowest BCUT2D eigenvalue weighted by molar-refractivity contribution is -0.132. The quantitative estimate of drug-likeness (QED) is 0.617. The van der Waals surface area contributed by atoms with Crippen molar-refractivity contribution in [1.82, 2.24) is 4.90 Å². The second-order valence-corrected chi connectivity index (χ2v) is 5.74. The van der Waals surface area contributed by atoms with Crippen LogP contribution in [-0.4, -0.2) is 35.1 Å². The highest BCUT2D eigenvalue weighted by Gasteiger charge is 2.26. The number of hydrogen-bond acceptors (Lipinski definition) is 2. The van der Waals surface area contributed by atoms with Gasteiger partial charge in [-0.2, -0.15) is 0 Å². The Morgan fingerprint density at radius 2 is 1.74 bits per heavy atom. The molecule has 19 heavy (non-hydrogen) atoms. The fraction of sp³-hybridized carbons (Fsp3) is 0.938. The minimum atomic E-state index is 0.322. The van der Waals surface area contributed by atoms with Gasteiger partial charge in [-0.25, -0.2) is 0 Å². The number of rotatable bonds is 10. The van der Waals surface area contributed by atoms with Gasteiger partial charge in [0, 0.05) is 25.6 Å². The lowest BCUT2D eigenvalue weighted by atomic mass is 10.1. The third-order valence-corrected chi connectivity index (χ3v) is 4.22. The number of amides is 1. The summed E-state index contributed by atoms with van der Waals surface area (Å²) in [5, 5.41) is 8.67. The molecule has 0 aromatic rings. The van der Waals surface area contributed by atoms with Crippen LogP contribution < -0.4 is 0 Å². The van der Waals surface area contributed by atoms with E-state index in [9.17, 15) is 4.79 Å². The zero-order chi connectivity index (χ0) is 13.9.